The lowest BCUT2D eigenvalue weighted by molar-refractivity contribution is -0.485. The van der Waals surface area contributed by atoms with E-state index < -0.39 is 9.96 Å². The van der Waals surface area contributed by atoms with Gasteiger partial charge in [0, 0.05) is 44.5 Å². The highest BCUT2D eigenvalue weighted by Gasteiger charge is 2.11. The van der Waals surface area contributed by atoms with Gasteiger partial charge in [0.2, 0.25) is 0 Å². The van der Waals surface area contributed by atoms with Crippen molar-refractivity contribution < 1.29 is 9.96 Å². The summed E-state index contributed by atoms with van der Waals surface area (Å²) >= 11 is 12.6. The molecule has 0 fully saturated rings. The molecule has 0 radical (unpaired) electrons. The standard InChI is InChI=1S/C11H15ClN4O2.C6H8ClN5O2S/c1-3-15(11(13-2)8-16(17)18)7-9-4-5-10(12)14-6-9;1-8-6(11-12(13)14)10-3-4-2-9-5(7)15-4/h4-6,8,13H,3,7H2,1-2H3;2H,3H2,1H3,(H2,8,10,11)/b11-8+;. The molecule has 0 amide bonds. The molecule has 0 aliphatic rings. The summed E-state index contributed by atoms with van der Waals surface area (Å²) in [5, 5.41) is 31.5. The van der Waals surface area contributed by atoms with Gasteiger partial charge in [-0.25, -0.2) is 20.1 Å². The van der Waals surface area contributed by atoms with Crippen molar-refractivity contribution in [3.05, 3.63) is 76.8 Å². The Kier molecular flexibility index (Phi) is 12.4. The van der Waals surface area contributed by atoms with Crippen LogP contribution in [-0.4, -0.2) is 51.4 Å². The second kappa shape index (κ2) is 14.8. The topological polar surface area (TPSA) is 164 Å². The van der Waals surface area contributed by atoms with Gasteiger partial charge < -0.3 is 20.9 Å². The van der Waals surface area contributed by atoms with E-state index in [4.69, 9.17) is 23.2 Å². The highest BCUT2D eigenvalue weighted by Crippen LogP contribution is 2.17. The Morgan fingerprint density at radius 2 is 1.94 bits per heavy atom. The zero-order chi connectivity index (χ0) is 24.8. The van der Waals surface area contributed by atoms with Gasteiger partial charge in [-0.2, -0.15) is 0 Å². The first kappa shape index (κ1) is 27.8. The number of guanidine groups is 1. The Bertz CT molecular complexity index is 970. The molecule has 180 valence electrons. The number of halogens is 2. The van der Waals surface area contributed by atoms with Crippen LogP contribution in [0.5, 0.6) is 0 Å². The minimum atomic E-state index is -0.779. The Morgan fingerprint density at radius 1 is 1.21 bits per heavy atom. The van der Waals surface area contributed by atoms with E-state index in [0.29, 0.717) is 35.1 Å². The number of hydrogen-bond acceptors (Lipinski definition) is 9. The van der Waals surface area contributed by atoms with E-state index in [1.165, 1.54) is 18.4 Å². The third kappa shape index (κ3) is 11.3. The fraction of sp³-hybridized carbons (Fsp3) is 0.353. The van der Waals surface area contributed by atoms with Gasteiger partial charge in [-0.15, -0.1) is 11.3 Å². The molecule has 2 aromatic heterocycles. The first-order valence-electron chi connectivity index (χ1n) is 9.31. The first-order valence-corrected chi connectivity index (χ1v) is 10.9. The second-order valence-corrected chi connectivity index (χ2v) is 8.01. The van der Waals surface area contributed by atoms with Gasteiger partial charge in [0.25, 0.3) is 12.2 Å². The largest absolute Gasteiger partial charge is 0.370 e. The molecule has 0 unspecified atom stereocenters. The lowest BCUT2D eigenvalue weighted by Crippen LogP contribution is -2.34. The van der Waals surface area contributed by atoms with Crippen molar-refractivity contribution in [1.29, 1.82) is 0 Å². The highest BCUT2D eigenvalue weighted by atomic mass is 35.5. The highest BCUT2D eigenvalue weighted by molar-refractivity contribution is 7.15. The third-order valence-electron chi connectivity index (χ3n) is 3.74. The van der Waals surface area contributed by atoms with Crippen LogP contribution in [0.3, 0.4) is 0 Å². The number of pyridine rings is 1. The quantitative estimate of drug-likeness (QED) is 0.147. The van der Waals surface area contributed by atoms with Gasteiger partial charge in [-0.05, 0) is 18.6 Å². The molecule has 0 atom stereocenters. The van der Waals surface area contributed by atoms with Crippen LogP contribution in [0.2, 0.25) is 9.62 Å². The molecule has 0 aliphatic heterocycles. The van der Waals surface area contributed by atoms with Crippen LogP contribution in [0.15, 0.2) is 41.6 Å². The van der Waals surface area contributed by atoms with Crippen molar-refractivity contribution in [2.75, 3.05) is 20.6 Å². The maximum absolute atomic E-state index is 10.5. The number of nitrogens with zero attached hydrogens (tertiary/aromatic N) is 6. The van der Waals surface area contributed by atoms with Gasteiger partial charge in [-0.3, -0.25) is 10.1 Å². The zero-order valence-electron chi connectivity index (χ0n) is 18.0. The van der Waals surface area contributed by atoms with Gasteiger partial charge >= 0.3 is 0 Å². The summed E-state index contributed by atoms with van der Waals surface area (Å²) in [7, 11) is 3.19. The molecule has 0 spiro atoms. The molecule has 0 aromatic carbocycles. The first-order chi connectivity index (χ1) is 15.7. The summed E-state index contributed by atoms with van der Waals surface area (Å²) in [5.41, 5.74) is 0.936. The van der Waals surface area contributed by atoms with Crippen molar-refractivity contribution in [1.82, 2.24) is 30.8 Å². The number of nitrogens with one attached hydrogen (secondary N) is 3. The van der Waals surface area contributed by atoms with Crippen LogP contribution in [0.1, 0.15) is 17.4 Å². The van der Waals surface area contributed by atoms with Crippen molar-refractivity contribution in [2.24, 2.45) is 5.10 Å². The average molecular weight is 520 g/mol. The van der Waals surface area contributed by atoms with Crippen LogP contribution >= 0.6 is 34.5 Å². The van der Waals surface area contributed by atoms with E-state index >= 15 is 0 Å². The average Bonchev–Trinajstić information content (AvgIpc) is 3.20. The fourth-order valence-electron chi connectivity index (χ4n) is 2.28. The minimum absolute atomic E-state index is 0.0875. The van der Waals surface area contributed by atoms with Crippen LogP contribution in [0, 0.1) is 20.2 Å². The van der Waals surface area contributed by atoms with Gasteiger partial charge in [0.05, 0.1) is 11.5 Å². The fourth-order valence-corrected chi connectivity index (χ4v) is 3.31. The van der Waals surface area contributed by atoms with E-state index in [0.717, 1.165) is 16.6 Å². The number of nitro groups is 2. The predicted molar refractivity (Wildman–Crippen MR) is 127 cm³/mol. The smallest absolute Gasteiger partial charge is 0.274 e. The lowest BCUT2D eigenvalue weighted by atomic mass is 10.2. The molecular formula is C17H23Cl2N9O4S. The Balaban J connectivity index is 0.000000335. The Morgan fingerprint density at radius 3 is 2.39 bits per heavy atom. The van der Waals surface area contributed by atoms with Crippen LogP contribution in [0.25, 0.3) is 0 Å². The molecule has 3 N–H and O–H groups in total. The molecule has 33 heavy (non-hydrogen) atoms. The molecule has 2 heterocycles. The summed E-state index contributed by atoms with van der Waals surface area (Å²) in [4.78, 5) is 30.6. The van der Waals surface area contributed by atoms with Crippen LogP contribution < -0.4 is 16.0 Å². The Hall–Kier alpha value is -3.23. The van der Waals surface area contributed by atoms with Gasteiger partial charge in [0.1, 0.15) is 10.3 Å². The van der Waals surface area contributed by atoms with Crippen LogP contribution in [-0.2, 0) is 13.1 Å². The van der Waals surface area contributed by atoms with E-state index in [1.807, 2.05) is 17.9 Å². The number of hydrazone groups is 1. The summed E-state index contributed by atoms with van der Waals surface area (Å²) in [5.74, 6) is 0.543. The van der Waals surface area contributed by atoms with E-state index in [1.54, 1.807) is 25.5 Å². The molecule has 0 bridgehead atoms. The minimum Gasteiger partial charge on any atom is -0.370 e. The summed E-state index contributed by atoms with van der Waals surface area (Å²) < 4.78 is 0.434. The van der Waals surface area contributed by atoms with Crippen molar-refractivity contribution in [3.63, 3.8) is 0 Å². The molecular weight excluding hydrogens is 497 g/mol. The van der Waals surface area contributed by atoms with E-state index in [9.17, 15) is 20.2 Å². The normalized spacial score (nSPS) is 11.2. The molecule has 13 nitrogen and oxygen atoms in total. The molecule has 0 saturated heterocycles. The molecule has 2 aromatic rings. The Labute approximate surface area is 203 Å². The van der Waals surface area contributed by atoms with Gasteiger partial charge in [-0.1, -0.05) is 29.3 Å². The summed E-state index contributed by atoms with van der Waals surface area (Å²) in [6.45, 7) is 3.48. The third-order valence-corrected chi connectivity index (χ3v) is 5.08. The number of aromatic nitrogens is 2. The summed E-state index contributed by atoms with van der Waals surface area (Å²) in [6, 6.07) is 3.54. The molecule has 2 rings (SSSR count). The number of hydrogen-bond donors (Lipinski definition) is 3. The maximum atomic E-state index is 10.5. The predicted octanol–water partition coefficient (Wildman–Crippen LogP) is 2.51. The molecule has 16 heteroatoms. The van der Waals surface area contributed by atoms with Crippen LogP contribution in [0.4, 0.5) is 0 Å². The van der Waals surface area contributed by atoms with E-state index in [-0.39, 0.29) is 5.96 Å². The van der Waals surface area contributed by atoms with E-state index in [2.05, 4.69) is 31.0 Å². The number of rotatable bonds is 9. The zero-order valence-corrected chi connectivity index (χ0v) is 20.3. The molecule has 0 aliphatic carbocycles. The van der Waals surface area contributed by atoms with Crippen molar-refractivity contribution in [3.8, 4) is 0 Å². The monoisotopic (exact) mass is 519 g/mol. The second-order valence-electron chi connectivity index (χ2n) is 5.92. The lowest BCUT2D eigenvalue weighted by Gasteiger charge is -2.23. The SMILES string of the molecule is CCN(Cc1ccc(Cl)nc1)/C(=C/[N+](=O)[O-])NC.CN/C(=N\[N+](=O)[O-])NCc1cnc(Cl)s1. The van der Waals surface area contributed by atoms with Gasteiger partial charge in [0.15, 0.2) is 15.3 Å². The number of thiazole rings is 1. The van der Waals surface area contributed by atoms with Crippen molar-refractivity contribution in [2.45, 2.75) is 20.0 Å². The van der Waals surface area contributed by atoms with Crippen molar-refractivity contribution >= 4 is 40.5 Å². The summed E-state index contributed by atoms with van der Waals surface area (Å²) in [6.07, 6.45) is 4.21. The maximum Gasteiger partial charge on any atom is 0.274 e. The molecule has 0 saturated carbocycles.